The van der Waals surface area contributed by atoms with Gasteiger partial charge in [-0.1, -0.05) is 18.0 Å². The second-order valence-electron chi connectivity index (χ2n) is 3.78. The second-order valence-corrected chi connectivity index (χ2v) is 3.78. The number of nitrogens with zero attached hydrogens (tertiary/aromatic N) is 4. The van der Waals surface area contributed by atoms with Gasteiger partial charge in [0.1, 0.15) is 0 Å². The lowest BCUT2D eigenvalue weighted by molar-refractivity contribution is -0.136. The highest BCUT2D eigenvalue weighted by molar-refractivity contribution is 6.12. The number of azide groups is 1. The molecule has 0 spiro atoms. The molecular weight excluding hydrogens is 222 g/mol. The van der Waals surface area contributed by atoms with Crippen LogP contribution in [0.25, 0.3) is 10.4 Å². The zero-order valence-electron chi connectivity index (χ0n) is 9.45. The van der Waals surface area contributed by atoms with Gasteiger partial charge in [-0.15, -0.1) is 0 Å². The molecule has 7 heteroatoms. The minimum absolute atomic E-state index is 0.249. The molecule has 1 unspecified atom stereocenters. The van der Waals surface area contributed by atoms with Gasteiger partial charge in [-0.25, -0.2) is 0 Å². The van der Waals surface area contributed by atoms with Crippen LogP contribution in [0.4, 0.5) is 0 Å². The van der Waals surface area contributed by atoms with Crippen LogP contribution in [-0.4, -0.2) is 29.4 Å². The summed E-state index contributed by atoms with van der Waals surface area (Å²) in [5.41, 5.74) is 13.6. The summed E-state index contributed by atoms with van der Waals surface area (Å²) in [7, 11) is 0. The Kier molecular flexibility index (Phi) is 5.19. The van der Waals surface area contributed by atoms with Gasteiger partial charge in [0.15, 0.2) is 0 Å². The summed E-state index contributed by atoms with van der Waals surface area (Å²) >= 11 is 0. The van der Waals surface area contributed by atoms with Crippen LogP contribution in [0, 0.1) is 0 Å². The first-order chi connectivity index (χ1) is 8.15. The third-order valence-electron chi connectivity index (χ3n) is 2.48. The minimum Gasteiger partial charge on any atom is -0.323 e. The number of unbranched alkanes of at least 4 members (excludes halogenated alkanes) is 2. The summed E-state index contributed by atoms with van der Waals surface area (Å²) in [6.45, 7) is 0.432. The number of nitrogens with two attached hydrogens (primary N) is 1. The van der Waals surface area contributed by atoms with Gasteiger partial charge in [-0.3, -0.25) is 14.5 Å². The van der Waals surface area contributed by atoms with Gasteiger partial charge < -0.3 is 5.73 Å². The first kappa shape index (κ1) is 13.2. The minimum atomic E-state index is -0.489. The van der Waals surface area contributed by atoms with E-state index in [0.29, 0.717) is 13.0 Å². The number of rotatable bonds is 7. The van der Waals surface area contributed by atoms with Gasteiger partial charge in [0.2, 0.25) is 0 Å². The summed E-state index contributed by atoms with van der Waals surface area (Å²) in [5.74, 6) is -0.499. The predicted molar refractivity (Wildman–Crippen MR) is 61.4 cm³/mol. The van der Waals surface area contributed by atoms with Crippen molar-refractivity contribution in [2.24, 2.45) is 10.8 Å². The Morgan fingerprint density at radius 2 is 1.94 bits per heavy atom. The number of hydrogen-bond acceptors (Lipinski definition) is 4. The average Bonchev–Trinajstić information content (AvgIpc) is 2.60. The highest BCUT2D eigenvalue weighted by Gasteiger charge is 2.22. The van der Waals surface area contributed by atoms with E-state index in [0.717, 1.165) is 19.3 Å². The van der Waals surface area contributed by atoms with Gasteiger partial charge >= 0.3 is 0 Å². The van der Waals surface area contributed by atoms with Crippen LogP contribution in [0.2, 0.25) is 0 Å². The topological polar surface area (TPSA) is 112 Å². The molecule has 2 N–H and O–H groups in total. The lowest BCUT2D eigenvalue weighted by Gasteiger charge is -2.13. The molecule has 2 amide bonds. The molecular formula is C10H15N5O2. The van der Waals surface area contributed by atoms with Crippen LogP contribution in [0.1, 0.15) is 25.7 Å². The number of hydrogen-bond donors (Lipinski definition) is 1. The fraction of sp³-hybridized carbons (Fsp3) is 0.600. The molecule has 0 aromatic heterocycles. The SMILES string of the molecule is [N-]=[N+]=NC(N)CCCCCN1C(=O)C=CC1=O. The zero-order chi connectivity index (χ0) is 12.7. The van der Waals surface area contributed by atoms with Crippen LogP contribution >= 0.6 is 0 Å². The molecule has 1 aliphatic heterocycles. The fourth-order valence-corrected chi connectivity index (χ4v) is 1.58. The van der Waals surface area contributed by atoms with Crippen molar-refractivity contribution in [1.29, 1.82) is 0 Å². The third kappa shape index (κ3) is 4.26. The van der Waals surface area contributed by atoms with Crippen LogP contribution in [-0.2, 0) is 9.59 Å². The number of carbonyl (C=O) groups is 2. The van der Waals surface area contributed by atoms with E-state index < -0.39 is 6.17 Å². The van der Waals surface area contributed by atoms with Crippen LogP contribution in [0.5, 0.6) is 0 Å². The Bertz CT molecular complexity index is 355. The molecule has 0 saturated heterocycles. The van der Waals surface area contributed by atoms with Crippen LogP contribution in [0.3, 0.4) is 0 Å². The van der Waals surface area contributed by atoms with Crippen molar-refractivity contribution in [3.8, 4) is 0 Å². The van der Waals surface area contributed by atoms with Crippen molar-refractivity contribution in [3.05, 3.63) is 22.6 Å². The summed E-state index contributed by atoms with van der Waals surface area (Å²) in [6, 6.07) is 0. The van der Waals surface area contributed by atoms with E-state index in [9.17, 15) is 9.59 Å². The number of carbonyl (C=O) groups excluding carboxylic acids is 2. The maximum absolute atomic E-state index is 11.2. The first-order valence-corrected chi connectivity index (χ1v) is 5.48. The van der Waals surface area contributed by atoms with Gasteiger partial charge in [0, 0.05) is 23.6 Å². The van der Waals surface area contributed by atoms with Crippen molar-refractivity contribution >= 4 is 11.8 Å². The standard InChI is InChI=1S/C10H15N5O2/c11-8(13-14-12)4-2-1-3-7-15-9(16)5-6-10(15)17/h5-6,8H,1-4,7,11H2. The Hall–Kier alpha value is -1.85. The Morgan fingerprint density at radius 1 is 1.29 bits per heavy atom. The molecule has 1 aliphatic rings. The summed E-state index contributed by atoms with van der Waals surface area (Å²) in [4.78, 5) is 26.2. The van der Waals surface area contributed by atoms with E-state index in [1.54, 1.807) is 0 Å². The Morgan fingerprint density at radius 3 is 2.53 bits per heavy atom. The Balaban J connectivity index is 2.11. The van der Waals surface area contributed by atoms with Crippen molar-refractivity contribution in [2.45, 2.75) is 31.8 Å². The summed E-state index contributed by atoms with van der Waals surface area (Å²) in [6.07, 6.45) is 5.07. The number of amides is 2. The highest BCUT2D eigenvalue weighted by atomic mass is 16.2. The van der Waals surface area contributed by atoms with E-state index in [-0.39, 0.29) is 11.8 Å². The highest BCUT2D eigenvalue weighted by Crippen LogP contribution is 2.08. The lowest BCUT2D eigenvalue weighted by atomic mass is 10.1. The van der Waals surface area contributed by atoms with Crippen molar-refractivity contribution in [1.82, 2.24) is 4.90 Å². The largest absolute Gasteiger partial charge is 0.323 e. The van der Waals surface area contributed by atoms with E-state index in [1.807, 2.05) is 0 Å². The predicted octanol–water partition coefficient (Wildman–Crippen LogP) is 1.07. The van der Waals surface area contributed by atoms with Crippen molar-refractivity contribution in [3.63, 3.8) is 0 Å². The smallest absolute Gasteiger partial charge is 0.253 e. The Labute approximate surface area is 98.9 Å². The summed E-state index contributed by atoms with van der Waals surface area (Å²) in [5, 5.41) is 3.35. The molecule has 0 fully saturated rings. The third-order valence-corrected chi connectivity index (χ3v) is 2.48. The van der Waals surface area contributed by atoms with Crippen molar-refractivity contribution < 1.29 is 9.59 Å². The number of imide groups is 1. The molecule has 92 valence electrons. The van der Waals surface area contributed by atoms with Gasteiger partial charge in [-0.2, -0.15) is 0 Å². The maximum Gasteiger partial charge on any atom is 0.253 e. The van der Waals surface area contributed by atoms with Crippen molar-refractivity contribution in [2.75, 3.05) is 6.54 Å². The quantitative estimate of drug-likeness (QED) is 0.235. The van der Waals surface area contributed by atoms with Gasteiger partial charge in [-0.05, 0) is 18.4 Å². The van der Waals surface area contributed by atoms with E-state index in [1.165, 1.54) is 17.1 Å². The van der Waals surface area contributed by atoms with E-state index in [4.69, 9.17) is 11.3 Å². The molecule has 0 bridgehead atoms. The fourth-order valence-electron chi connectivity index (χ4n) is 1.58. The molecule has 0 saturated carbocycles. The molecule has 0 aromatic rings. The zero-order valence-corrected chi connectivity index (χ0v) is 9.45. The molecule has 17 heavy (non-hydrogen) atoms. The molecule has 0 radical (unpaired) electrons. The second kappa shape index (κ2) is 6.67. The monoisotopic (exact) mass is 237 g/mol. The normalized spacial score (nSPS) is 16.2. The lowest BCUT2D eigenvalue weighted by Crippen LogP contribution is -2.30. The summed E-state index contributed by atoms with van der Waals surface area (Å²) < 4.78 is 0. The molecule has 0 aliphatic carbocycles. The van der Waals surface area contributed by atoms with Crippen LogP contribution in [0.15, 0.2) is 17.3 Å². The van der Waals surface area contributed by atoms with Gasteiger partial charge in [0.25, 0.3) is 11.8 Å². The van der Waals surface area contributed by atoms with E-state index in [2.05, 4.69) is 10.0 Å². The molecule has 1 rings (SSSR count). The molecule has 0 aromatic carbocycles. The first-order valence-electron chi connectivity index (χ1n) is 5.48. The van der Waals surface area contributed by atoms with Crippen LogP contribution < -0.4 is 5.73 Å². The van der Waals surface area contributed by atoms with E-state index >= 15 is 0 Å². The maximum atomic E-state index is 11.2. The molecule has 1 atom stereocenters. The molecule has 1 heterocycles. The molecule has 7 nitrogen and oxygen atoms in total. The van der Waals surface area contributed by atoms with Gasteiger partial charge in [0.05, 0.1) is 6.17 Å². The average molecular weight is 237 g/mol.